The summed E-state index contributed by atoms with van der Waals surface area (Å²) >= 11 is 12.1. The molecule has 2 aromatic rings. The molecule has 2 aromatic carbocycles. The lowest BCUT2D eigenvalue weighted by Crippen LogP contribution is -2.14. The van der Waals surface area contributed by atoms with E-state index in [1.165, 1.54) is 11.1 Å². The molecule has 0 saturated heterocycles. The van der Waals surface area contributed by atoms with Crippen LogP contribution < -0.4 is 5.32 Å². The molecule has 18 heavy (non-hydrogen) atoms. The van der Waals surface area contributed by atoms with Crippen LogP contribution in [0.1, 0.15) is 22.7 Å². The van der Waals surface area contributed by atoms with Crippen molar-refractivity contribution >= 4 is 23.2 Å². The second-order valence-corrected chi connectivity index (χ2v) is 5.42. The predicted molar refractivity (Wildman–Crippen MR) is 76.2 cm³/mol. The first kappa shape index (κ1) is 12.0. The Labute approximate surface area is 117 Å². The van der Waals surface area contributed by atoms with Crippen molar-refractivity contribution in [2.24, 2.45) is 0 Å². The second kappa shape index (κ2) is 4.93. The van der Waals surface area contributed by atoms with Crippen LogP contribution >= 0.6 is 23.2 Å². The third-order valence-corrected chi connectivity index (χ3v) is 4.00. The normalized spacial score (nSPS) is 17.8. The van der Waals surface area contributed by atoms with Gasteiger partial charge in [-0.1, -0.05) is 53.5 Å². The van der Waals surface area contributed by atoms with Crippen LogP contribution in [0.2, 0.25) is 10.0 Å². The molecular formula is C15H13Cl2N. The van der Waals surface area contributed by atoms with Crippen LogP contribution in [0.4, 0.5) is 0 Å². The molecule has 1 unspecified atom stereocenters. The largest absolute Gasteiger partial charge is 0.306 e. The molecule has 3 rings (SSSR count). The summed E-state index contributed by atoms with van der Waals surface area (Å²) in [5.41, 5.74) is 3.89. The lowest BCUT2D eigenvalue weighted by Gasteiger charge is -2.13. The highest BCUT2D eigenvalue weighted by atomic mass is 35.5. The summed E-state index contributed by atoms with van der Waals surface area (Å²) in [4.78, 5) is 0. The van der Waals surface area contributed by atoms with Gasteiger partial charge in [0.2, 0.25) is 0 Å². The quantitative estimate of drug-likeness (QED) is 0.859. The Hall–Kier alpha value is -1.02. The molecule has 1 N–H and O–H groups in total. The van der Waals surface area contributed by atoms with Crippen LogP contribution in [0.25, 0.3) is 0 Å². The molecule has 3 heteroatoms. The smallest absolute Gasteiger partial charge is 0.0453 e. The van der Waals surface area contributed by atoms with E-state index in [2.05, 4.69) is 29.6 Å². The van der Waals surface area contributed by atoms with Crippen molar-refractivity contribution in [2.45, 2.75) is 19.0 Å². The van der Waals surface area contributed by atoms with Gasteiger partial charge in [0.05, 0.1) is 0 Å². The van der Waals surface area contributed by atoms with Gasteiger partial charge in [-0.05, 0) is 35.2 Å². The van der Waals surface area contributed by atoms with E-state index in [1.54, 1.807) is 6.07 Å². The molecule has 0 saturated carbocycles. The molecule has 1 atom stereocenters. The van der Waals surface area contributed by atoms with Crippen molar-refractivity contribution in [2.75, 3.05) is 0 Å². The second-order valence-electron chi connectivity index (χ2n) is 4.57. The molecule has 0 aliphatic carbocycles. The lowest BCUT2D eigenvalue weighted by molar-refractivity contribution is 0.581. The average Bonchev–Trinajstić information content (AvgIpc) is 2.76. The first-order valence-corrected chi connectivity index (χ1v) is 6.75. The van der Waals surface area contributed by atoms with E-state index >= 15 is 0 Å². The van der Waals surface area contributed by atoms with Gasteiger partial charge in [0, 0.05) is 22.6 Å². The molecule has 0 aromatic heterocycles. The summed E-state index contributed by atoms with van der Waals surface area (Å²) in [7, 11) is 0. The van der Waals surface area contributed by atoms with E-state index < -0.39 is 0 Å². The minimum Gasteiger partial charge on any atom is -0.306 e. The zero-order valence-electron chi connectivity index (χ0n) is 9.79. The SMILES string of the molecule is Clc1ccc(CC2NCc3ccccc32)c(Cl)c1. The molecule has 0 radical (unpaired) electrons. The van der Waals surface area contributed by atoms with Crippen LogP contribution in [0.5, 0.6) is 0 Å². The number of halogens is 2. The Morgan fingerprint density at radius 1 is 1.11 bits per heavy atom. The van der Waals surface area contributed by atoms with Crippen molar-refractivity contribution in [1.82, 2.24) is 5.32 Å². The minimum atomic E-state index is 0.347. The van der Waals surface area contributed by atoms with Gasteiger partial charge in [0.1, 0.15) is 0 Å². The first-order chi connectivity index (χ1) is 8.74. The summed E-state index contributed by atoms with van der Waals surface area (Å²) in [5, 5.41) is 4.95. The van der Waals surface area contributed by atoms with E-state index in [0.717, 1.165) is 23.6 Å². The molecule has 92 valence electrons. The highest BCUT2D eigenvalue weighted by Crippen LogP contribution is 2.30. The summed E-state index contributed by atoms with van der Waals surface area (Å²) in [6, 6.07) is 14.6. The molecule has 1 aliphatic rings. The molecule has 0 amide bonds. The summed E-state index contributed by atoms with van der Waals surface area (Å²) in [6.45, 7) is 0.937. The van der Waals surface area contributed by atoms with Crippen molar-refractivity contribution < 1.29 is 0 Å². The van der Waals surface area contributed by atoms with Gasteiger partial charge in [-0.2, -0.15) is 0 Å². The summed E-state index contributed by atoms with van der Waals surface area (Å²) < 4.78 is 0. The zero-order valence-corrected chi connectivity index (χ0v) is 11.3. The van der Waals surface area contributed by atoms with Crippen LogP contribution in [0, 0.1) is 0 Å². The fourth-order valence-corrected chi connectivity index (χ4v) is 2.95. The topological polar surface area (TPSA) is 12.0 Å². The van der Waals surface area contributed by atoms with E-state index in [-0.39, 0.29) is 0 Å². The number of fused-ring (bicyclic) bond motifs is 1. The fraction of sp³-hybridized carbons (Fsp3) is 0.200. The monoisotopic (exact) mass is 277 g/mol. The molecule has 1 aliphatic heterocycles. The molecule has 0 bridgehead atoms. The van der Waals surface area contributed by atoms with E-state index in [0.29, 0.717) is 11.1 Å². The standard InChI is InChI=1S/C15H13Cl2N/c16-12-6-5-10(14(17)8-12)7-15-13-4-2-1-3-11(13)9-18-15/h1-6,8,15,18H,7,9H2. The maximum atomic E-state index is 6.22. The zero-order chi connectivity index (χ0) is 12.5. The van der Waals surface area contributed by atoms with Crippen LogP contribution in [0.15, 0.2) is 42.5 Å². The predicted octanol–water partition coefficient (Wildman–Crippen LogP) is 4.38. The van der Waals surface area contributed by atoms with Gasteiger partial charge in [0.25, 0.3) is 0 Å². The Balaban J connectivity index is 1.86. The maximum absolute atomic E-state index is 6.22. The van der Waals surface area contributed by atoms with Gasteiger partial charge < -0.3 is 5.32 Å². The summed E-state index contributed by atoms with van der Waals surface area (Å²) in [6.07, 6.45) is 0.896. The van der Waals surface area contributed by atoms with Crippen molar-refractivity contribution in [1.29, 1.82) is 0 Å². The number of rotatable bonds is 2. The van der Waals surface area contributed by atoms with E-state index in [1.807, 2.05) is 12.1 Å². The lowest BCUT2D eigenvalue weighted by atomic mass is 9.99. The highest BCUT2D eigenvalue weighted by Gasteiger charge is 2.21. The van der Waals surface area contributed by atoms with E-state index in [4.69, 9.17) is 23.2 Å². The van der Waals surface area contributed by atoms with Crippen molar-refractivity contribution in [3.05, 3.63) is 69.2 Å². The number of hydrogen-bond acceptors (Lipinski definition) is 1. The molecule has 1 heterocycles. The maximum Gasteiger partial charge on any atom is 0.0453 e. The molecule has 0 fully saturated rings. The highest BCUT2D eigenvalue weighted by molar-refractivity contribution is 6.35. The van der Waals surface area contributed by atoms with Gasteiger partial charge in [-0.15, -0.1) is 0 Å². The van der Waals surface area contributed by atoms with Gasteiger partial charge >= 0.3 is 0 Å². The Morgan fingerprint density at radius 2 is 1.94 bits per heavy atom. The first-order valence-electron chi connectivity index (χ1n) is 5.99. The minimum absolute atomic E-state index is 0.347. The fourth-order valence-electron chi connectivity index (χ4n) is 2.47. The third kappa shape index (κ3) is 2.26. The number of hydrogen-bond donors (Lipinski definition) is 1. The molecule has 1 nitrogen and oxygen atoms in total. The van der Waals surface area contributed by atoms with Gasteiger partial charge in [-0.25, -0.2) is 0 Å². The van der Waals surface area contributed by atoms with Crippen molar-refractivity contribution in [3.63, 3.8) is 0 Å². The van der Waals surface area contributed by atoms with Crippen molar-refractivity contribution in [3.8, 4) is 0 Å². The van der Waals surface area contributed by atoms with Gasteiger partial charge in [0.15, 0.2) is 0 Å². The Bertz CT molecular complexity index is 580. The molecule has 0 spiro atoms. The molecular weight excluding hydrogens is 265 g/mol. The van der Waals surface area contributed by atoms with E-state index in [9.17, 15) is 0 Å². The number of benzene rings is 2. The average molecular weight is 278 g/mol. The summed E-state index contributed by atoms with van der Waals surface area (Å²) in [5.74, 6) is 0. The van der Waals surface area contributed by atoms with Crippen LogP contribution in [-0.2, 0) is 13.0 Å². The third-order valence-electron chi connectivity index (χ3n) is 3.41. The van der Waals surface area contributed by atoms with Gasteiger partial charge in [-0.3, -0.25) is 0 Å². The Morgan fingerprint density at radius 3 is 2.78 bits per heavy atom. The van der Waals surface area contributed by atoms with Crippen LogP contribution in [0.3, 0.4) is 0 Å². The van der Waals surface area contributed by atoms with Crippen LogP contribution in [-0.4, -0.2) is 0 Å². The Kier molecular flexibility index (Phi) is 3.29. The number of nitrogens with one attached hydrogen (secondary N) is 1.